The average Bonchev–Trinajstić information content (AvgIpc) is 2.59. The molecule has 0 heterocycles. The summed E-state index contributed by atoms with van der Waals surface area (Å²) in [5.41, 5.74) is 3.11. The molecule has 2 aromatic rings. The lowest BCUT2D eigenvalue weighted by Gasteiger charge is -2.23. The monoisotopic (exact) mass is 324 g/mol. The third kappa shape index (κ3) is 4.95. The van der Waals surface area contributed by atoms with Crippen LogP contribution >= 0.6 is 0 Å². The molecule has 0 aliphatic heterocycles. The second-order valence-corrected chi connectivity index (χ2v) is 5.96. The molecule has 0 radical (unpaired) electrons. The summed E-state index contributed by atoms with van der Waals surface area (Å²) in [6, 6.07) is 17.6. The topological polar surface area (TPSA) is 40.6 Å². The SMILES string of the molecule is CC(=O)N(CCC(=O)N(C)c1ccccc1)Cc1ccc(C)cc1. The zero-order valence-electron chi connectivity index (χ0n) is 14.5. The molecule has 0 saturated carbocycles. The van der Waals surface area contributed by atoms with Crippen LogP contribution in [0.2, 0.25) is 0 Å². The molecule has 2 aromatic carbocycles. The molecule has 0 aliphatic rings. The van der Waals surface area contributed by atoms with Gasteiger partial charge in [0.1, 0.15) is 0 Å². The van der Waals surface area contributed by atoms with E-state index in [0.29, 0.717) is 19.5 Å². The first-order valence-electron chi connectivity index (χ1n) is 8.10. The van der Waals surface area contributed by atoms with Gasteiger partial charge in [0.25, 0.3) is 0 Å². The van der Waals surface area contributed by atoms with Gasteiger partial charge in [-0.05, 0) is 24.6 Å². The van der Waals surface area contributed by atoms with Gasteiger partial charge in [-0.1, -0.05) is 48.0 Å². The summed E-state index contributed by atoms with van der Waals surface area (Å²) < 4.78 is 0. The van der Waals surface area contributed by atoms with Crippen LogP contribution in [0.1, 0.15) is 24.5 Å². The smallest absolute Gasteiger partial charge is 0.228 e. The maximum atomic E-state index is 12.4. The molecule has 4 nitrogen and oxygen atoms in total. The molecule has 0 aromatic heterocycles. The predicted octanol–water partition coefficient (Wildman–Crippen LogP) is 3.40. The predicted molar refractivity (Wildman–Crippen MR) is 96.7 cm³/mol. The van der Waals surface area contributed by atoms with Crippen molar-refractivity contribution >= 4 is 17.5 Å². The number of amides is 2. The Morgan fingerprint density at radius 3 is 2.17 bits per heavy atom. The Morgan fingerprint density at radius 1 is 0.958 bits per heavy atom. The molecule has 2 rings (SSSR count). The maximum Gasteiger partial charge on any atom is 0.228 e. The number of para-hydroxylation sites is 1. The van der Waals surface area contributed by atoms with Crippen molar-refractivity contribution in [2.75, 3.05) is 18.5 Å². The van der Waals surface area contributed by atoms with Crippen LogP contribution in [0.15, 0.2) is 54.6 Å². The molecule has 0 unspecified atom stereocenters. The Balaban J connectivity index is 1.94. The van der Waals surface area contributed by atoms with E-state index in [1.807, 2.05) is 61.5 Å². The molecular weight excluding hydrogens is 300 g/mol. The highest BCUT2D eigenvalue weighted by atomic mass is 16.2. The molecule has 4 heteroatoms. The first-order chi connectivity index (χ1) is 11.5. The van der Waals surface area contributed by atoms with E-state index in [9.17, 15) is 9.59 Å². The zero-order chi connectivity index (χ0) is 17.5. The van der Waals surface area contributed by atoms with Gasteiger partial charge in [0.05, 0.1) is 0 Å². The Kier molecular flexibility index (Phi) is 6.13. The lowest BCUT2D eigenvalue weighted by molar-refractivity contribution is -0.130. The fraction of sp³-hybridized carbons (Fsp3) is 0.300. The lowest BCUT2D eigenvalue weighted by Crippen LogP contribution is -2.34. The molecule has 2 amide bonds. The number of nitrogens with zero attached hydrogens (tertiary/aromatic N) is 2. The molecule has 0 atom stereocenters. The van der Waals surface area contributed by atoms with Crippen LogP contribution in [0.5, 0.6) is 0 Å². The minimum atomic E-state index is -0.0225. The minimum Gasteiger partial charge on any atom is -0.338 e. The molecule has 24 heavy (non-hydrogen) atoms. The van der Waals surface area contributed by atoms with Crippen molar-refractivity contribution < 1.29 is 9.59 Å². The van der Waals surface area contributed by atoms with Crippen molar-refractivity contribution in [2.24, 2.45) is 0 Å². The van der Waals surface area contributed by atoms with Crippen LogP contribution in [0, 0.1) is 6.92 Å². The lowest BCUT2D eigenvalue weighted by atomic mass is 10.1. The minimum absolute atomic E-state index is 0.00337. The van der Waals surface area contributed by atoms with Gasteiger partial charge < -0.3 is 9.80 Å². The number of carbonyl (C=O) groups is 2. The van der Waals surface area contributed by atoms with Crippen molar-refractivity contribution in [1.29, 1.82) is 0 Å². The Hall–Kier alpha value is -2.62. The fourth-order valence-corrected chi connectivity index (χ4v) is 2.46. The molecule has 126 valence electrons. The summed E-state index contributed by atoms with van der Waals surface area (Å²) in [4.78, 5) is 27.6. The summed E-state index contributed by atoms with van der Waals surface area (Å²) in [5.74, 6) is -0.0258. The Labute approximate surface area is 143 Å². The summed E-state index contributed by atoms with van der Waals surface area (Å²) in [6.07, 6.45) is 0.302. The highest BCUT2D eigenvalue weighted by Crippen LogP contribution is 2.13. The summed E-state index contributed by atoms with van der Waals surface area (Å²) >= 11 is 0. The fourth-order valence-electron chi connectivity index (χ4n) is 2.46. The molecule has 0 saturated heterocycles. The van der Waals surface area contributed by atoms with Gasteiger partial charge in [-0.2, -0.15) is 0 Å². The van der Waals surface area contributed by atoms with Crippen molar-refractivity contribution in [3.05, 3.63) is 65.7 Å². The second-order valence-electron chi connectivity index (χ2n) is 5.96. The highest BCUT2D eigenvalue weighted by Gasteiger charge is 2.15. The Morgan fingerprint density at radius 2 is 1.58 bits per heavy atom. The molecule has 0 spiro atoms. The van der Waals surface area contributed by atoms with E-state index in [1.165, 1.54) is 5.56 Å². The van der Waals surface area contributed by atoms with Gasteiger partial charge in [-0.15, -0.1) is 0 Å². The quantitative estimate of drug-likeness (QED) is 0.817. The molecule has 0 aliphatic carbocycles. The van der Waals surface area contributed by atoms with Crippen LogP contribution < -0.4 is 4.90 Å². The van der Waals surface area contributed by atoms with Crippen LogP contribution in [0.4, 0.5) is 5.69 Å². The van der Waals surface area contributed by atoms with Crippen LogP contribution in [0.3, 0.4) is 0 Å². The molecule has 0 bridgehead atoms. The standard InChI is InChI=1S/C20H24N2O2/c1-16-9-11-18(12-10-16)15-22(17(2)23)14-13-20(24)21(3)19-7-5-4-6-8-19/h4-12H,13-15H2,1-3H3. The third-order valence-corrected chi connectivity index (χ3v) is 4.05. The van der Waals surface area contributed by atoms with Crippen molar-refractivity contribution in [1.82, 2.24) is 4.90 Å². The van der Waals surface area contributed by atoms with E-state index in [1.54, 1.807) is 23.8 Å². The normalized spacial score (nSPS) is 10.3. The zero-order valence-corrected chi connectivity index (χ0v) is 14.5. The number of anilines is 1. The van der Waals surface area contributed by atoms with Gasteiger partial charge in [0.15, 0.2) is 0 Å². The van der Waals surface area contributed by atoms with E-state index < -0.39 is 0 Å². The van der Waals surface area contributed by atoms with E-state index >= 15 is 0 Å². The van der Waals surface area contributed by atoms with E-state index in [2.05, 4.69) is 0 Å². The van der Waals surface area contributed by atoms with E-state index in [-0.39, 0.29) is 11.8 Å². The molecule has 0 fully saturated rings. The average molecular weight is 324 g/mol. The summed E-state index contributed by atoms with van der Waals surface area (Å²) in [7, 11) is 1.76. The van der Waals surface area contributed by atoms with E-state index in [4.69, 9.17) is 0 Å². The van der Waals surface area contributed by atoms with Crippen LogP contribution in [-0.4, -0.2) is 30.3 Å². The van der Waals surface area contributed by atoms with Gasteiger partial charge in [0.2, 0.25) is 11.8 Å². The Bertz CT molecular complexity index is 681. The molecule has 0 N–H and O–H groups in total. The number of carbonyl (C=O) groups excluding carboxylic acids is 2. The number of benzene rings is 2. The first-order valence-corrected chi connectivity index (χ1v) is 8.10. The second kappa shape index (κ2) is 8.29. The number of rotatable bonds is 6. The molecular formula is C20H24N2O2. The first kappa shape index (κ1) is 17.7. The van der Waals surface area contributed by atoms with Gasteiger partial charge in [-0.25, -0.2) is 0 Å². The van der Waals surface area contributed by atoms with Crippen molar-refractivity contribution in [3.63, 3.8) is 0 Å². The summed E-state index contributed by atoms with van der Waals surface area (Å²) in [6.45, 7) is 4.52. The number of hydrogen-bond acceptors (Lipinski definition) is 2. The largest absolute Gasteiger partial charge is 0.338 e. The van der Waals surface area contributed by atoms with Gasteiger partial charge >= 0.3 is 0 Å². The maximum absolute atomic E-state index is 12.4. The highest BCUT2D eigenvalue weighted by molar-refractivity contribution is 5.93. The third-order valence-electron chi connectivity index (χ3n) is 4.05. The van der Waals surface area contributed by atoms with E-state index in [0.717, 1.165) is 11.3 Å². The van der Waals surface area contributed by atoms with Gasteiger partial charge in [-0.3, -0.25) is 9.59 Å². The summed E-state index contributed by atoms with van der Waals surface area (Å²) in [5, 5.41) is 0. The van der Waals surface area contributed by atoms with Crippen molar-refractivity contribution in [3.8, 4) is 0 Å². The van der Waals surface area contributed by atoms with Crippen molar-refractivity contribution in [2.45, 2.75) is 26.8 Å². The number of hydrogen-bond donors (Lipinski definition) is 0. The van der Waals surface area contributed by atoms with Crippen LogP contribution in [-0.2, 0) is 16.1 Å². The van der Waals surface area contributed by atoms with Crippen LogP contribution in [0.25, 0.3) is 0 Å². The number of aryl methyl sites for hydroxylation is 1. The van der Waals surface area contributed by atoms with Gasteiger partial charge in [0, 0.05) is 39.2 Å².